The van der Waals surface area contributed by atoms with Crippen LogP contribution >= 0.6 is 0 Å². The van der Waals surface area contributed by atoms with Gasteiger partial charge < -0.3 is 4.90 Å². The first-order valence-corrected chi connectivity index (χ1v) is 10.7. The van der Waals surface area contributed by atoms with Gasteiger partial charge in [-0.3, -0.25) is 9.36 Å². The molecule has 0 atom stereocenters. The van der Waals surface area contributed by atoms with Gasteiger partial charge in [0.25, 0.3) is 15.9 Å². The van der Waals surface area contributed by atoms with Crippen LogP contribution < -0.4 is 4.72 Å². The Bertz CT molecular complexity index is 1330. The molecule has 0 fully saturated rings. The first-order chi connectivity index (χ1) is 14.4. The Hall–Kier alpha value is -3.65. The van der Waals surface area contributed by atoms with Crippen LogP contribution in [0, 0.1) is 0 Å². The lowest BCUT2D eigenvalue weighted by molar-refractivity contribution is 0.0827. The molecular formula is C22H20N4O3S. The first-order valence-electron chi connectivity index (χ1n) is 9.24. The Morgan fingerprint density at radius 3 is 2.37 bits per heavy atom. The molecule has 0 saturated heterocycles. The number of anilines is 1. The van der Waals surface area contributed by atoms with Crippen molar-refractivity contribution in [3.63, 3.8) is 0 Å². The summed E-state index contributed by atoms with van der Waals surface area (Å²) in [6.07, 6.45) is 0. The summed E-state index contributed by atoms with van der Waals surface area (Å²) in [5.41, 5.74) is 2.51. The molecule has 0 aliphatic rings. The van der Waals surface area contributed by atoms with E-state index in [1.54, 1.807) is 30.8 Å². The number of hydrogen-bond donors (Lipinski definition) is 1. The number of aromatic nitrogens is 2. The molecule has 0 saturated carbocycles. The second-order valence-electron chi connectivity index (χ2n) is 6.93. The normalized spacial score (nSPS) is 11.4. The van der Waals surface area contributed by atoms with Crippen LogP contribution in [0.4, 0.5) is 5.95 Å². The van der Waals surface area contributed by atoms with E-state index in [4.69, 9.17) is 0 Å². The topological polar surface area (TPSA) is 84.3 Å². The maximum atomic E-state index is 13.1. The van der Waals surface area contributed by atoms with Gasteiger partial charge in [0.1, 0.15) is 0 Å². The van der Waals surface area contributed by atoms with Crippen molar-refractivity contribution < 1.29 is 13.2 Å². The van der Waals surface area contributed by atoms with E-state index in [1.165, 1.54) is 17.0 Å². The van der Waals surface area contributed by atoms with Crippen LogP contribution in [0.25, 0.3) is 16.7 Å². The van der Waals surface area contributed by atoms with E-state index in [0.717, 1.165) is 11.2 Å². The van der Waals surface area contributed by atoms with Crippen molar-refractivity contribution in [1.82, 2.24) is 14.5 Å². The molecule has 0 unspecified atom stereocenters. The molecule has 1 amide bonds. The van der Waals surface area contributed by atoms with Gasteiger partial charge in [-0.25, -0.2) is 18.1 Å². The second kappa shape index (κ2) is 7.64. The van der Waals surface area contributed by atoms with Crippen LogP contribution in [0.1, 0.15) is 10.4 Å². The third kappa shape index (κ3) is 3.65. The number of imidazole rings is 1. The maximum absolute atomic E-state index is 13.1. The molecule has 3 aromatic carbocycles. The van der Waals surface area contributed by atoms with E-state index >= 15 is 0 Å². The number of nitrogens with one attached hydrogen (secondary N) is 1. The molecule has 0 bridgehead atoms. The van der Waals surface area contributed by atoms with Gasteiger partial charge in [-0.15, -0.1) is 0 Å². The number of carbonyl (C=O) groups excluding carboxylic acids is 1. The maximum Gasteiger partial charge on any atom is 0.264 e. The molecule has 0 aliphatic heterocycles. The number of amides is 1. The van der Waals surface area contributed by atoms with Crippen molar-refractivity contribution >= 4 is 32.9 Å². The molecular weight excluding hydrogens is 400 g/mol. The highest BCUT2D eigenvalue weighted by atomic mass is 32.2. The molecule has 4 rings (SSSR count). The molecule has 1 N–H and O–H groups in total. The molecule has 7 nitrogen and oxygen atoms in total. The zero-order chi connectivity index (χ0) is 21.3. The zero-order valence-electron chi connectivity index (χ0n) is 16.5. The fourth-order valence-corrected chi connectivity index (χ4v) is 4.20. The average molecular weight is 420 g/mol. The lowest BCUT2D eigenvalue weighted by Gasteiger charge is -2.13. The van der Waals surface area contributed by atoms with Crippen LogP contribution in [-0.4, -0.2) is 42.9 Å². The van der Waals surface area contributed by atoms with E-state index in [2.05, 4.69) is 9.71 Å². The van der Waals surface area contributed by atoms with E-state index in [-0.39, 0.29) is 16.8 Å². The Labute approximate surface area is 174 Å². The Morgan fingerprint density at radius 1 is 0.933 bits per heavy atom. The van der Waals surface area contributed by atoms with Gasteiger partial charge in [-0.1, -0.05) is 36.4 Å². The van der Waals surface area contributed by atoms with Crippen LogP contribution in [0.2, 0.25) is 0 Å². The minimum Gasteiger partial charge on any atom is -0.345 e. The summed E-state index contributed by atoms with van der Waals surface area (Å²) in [5, 5.41) is 0. The number of para-hydroxylation sites is 3. The molecule has 8 heteroatoms. The molecule has 152 valence electrons. The monoisotopic (exact) mass is 420 g/mol. The number of nitrogens with zero attached hydrogens (tertiary/aromatic N) is 3. The Kier molecular flexibility index (Phi) is 5.01. The molecule has 0 spiro atoms. The second-order valence-corrected chi connectivity index (χ2v) is 8.61. The minimum atomic E-state index is -3.98. The average Bonchev–Trinajstić information content (AvgIpc) is 3.11. The fourth-order valence-electron chi connectivity index (χ4n) is 3.17. The van der Waals surface area contributed by atoms with Crippen molar-refractivity contribution in [2.24, 2.45) is 0 Å². The van der Waals surface area contributed by atoms with Crippen molar-refractivity contribution in [2.45, 2.75) is 4.90 Å². The standard InChI is InChI=1S/C22H20N4O3S/c1-25(2)21(27)16-9-8-12-18(15-16)30(28,29)24-22-23-19-13-6-7-14-20(19)26(22)17-10-4-3-5-11-17/h3-15H,1-2H3,(H,23,24). The summed E-state index contributed by atoms with van der Waals surface area (Å²) in [6, 6.07) is 22.8. The van der Waals surface area contributed by atoms with Crippen LogP contribution in [0.5, 0.6) is 0 Å². The number of carbonyl (C=O) groups is 1. The van der Waals surface area contributed by atoms with Gasteiger partial charge in [-0.2, -0.15) is 0 Å². The Morgan fingerprint density at radius 2 is 1.63 bits per heavy atom. The van der Waals surface area contributed by atoms with Gasteiger partial charge in [0.05, 0.1) is 15.9 Å². The molecule has 1 aromatic heterocycles. The SMILES string of the molecule is CN(C)C(=O)c1cccc(S(=O)(=O)Nc2nc3ccccc3n2-c2ccccc2)c1. The predicted molar refractivity (Wildman–Crippen MR) is 116 cm³/mol. The quantitative estimate of drug-likeness (QED) is 0.535. The molecule has 0 radical (unpaired) electrons. The molecule has 1 heterocycles. The van der Waals surface area contributed by atoms with Crippen LogP contribution in [0.15, 0.2) is 83.8 Å². The zero-order valence-corrected chi connectivity index (χ0v) is 17.3. The van der Waals surface area contributed by atoms with Crippen molar-refractivity contribution in [3.05, 3.63) is 84.4 Å². The highest BCUT2D eigenvalue weighted by molar-refractivity contribution is 7.92. The van der Waals surface area contributed by atoms with E-state index in [0.29, 0.717) is 11.1 Å². The highest BCUT2D eigenvalue weighted by Crippen LogP contribution is 2.26. The van der Waals surface area contributed by atoms with Gasteiger partial charge in [-0.05, 0) is 42.5 Å². The number of rotatable bonds is 5. The summed E-state index contributed by atoms with van der Waals surface area (Å²) in [5.74, 6) is -0.102. The summed E-state index contributed by atoms with van der Waals surface area (Å²) >= 11 is 0. The summed E-state index contributed by atoms with van der Waals surface area (Å²) in [4.78, 5) is 18.1. The van der Waals surface area contributed by atoms with E-state index in [1.807, 2.05) is 54.6 Å². The molecule has 4 aromatic rings. The fraction of sp³-hybridized carbons (Fsp3) is 0.0909. The first kappa shape index (κ1) is 19.7. The number of hydrogen-bond acceptors (Lipinski definition) is 4. The lowest BCUT2D eigenvalue weighted by atomic mass is 10.2. The smallest absolute Gasteiger partial charge is 0.264 e. The number of fused-ring (bicyclic) bond motifs is 1. The minimum absolute atomic E-state index is 0.0122. The van der Waals surface area contributed by atoms with Gasteiger partial charge in [0.15, 0.2) is 0 Å². The third-order valence-electron chi connectivity index (χ3n) is 4.60. The van der Waals surface area contributed by atoms with Crippen LogP contribution in [-0.2, 0) is 10.0 Å². The third-order valence-corrected chi connectivity index (χ3v) is 5.92. The van der Waals surface area contributed by atoms with Gasteiger partial charge in [0.2, 0.25) is 5.95 Å². The summed E-state index contributed by atoms with van der Waals surface area (Å²) in [7, 11) is -0.747. The summed E-state index contributed by atoms with van der Waals surface area (Å²) < 4.78 is 30.6. The van der Waals surface area contributed by atoms with Crippen molar-refractivity contribution in [3.8, 4) is 5.69 Å². The summed E-state index contributed by atoms with van der Waals surface area (Å²) in [6.45, 7) is 0. The van der Waals surface area contributed by atoms with Crippen LogP contribution in [0.3, 0.4) is 0 Å². The van der Waals surface area contributed by atoms with Crippen molar-refractivity contribution in [1.29, 1.82) is 0 Å². The van der Waals surface area contributed by atoms with E-state index < -0.39 is 10.0 Å². The predicted octanol–water partition coefficient (Wildman–Crippen LogP) is 3.53. The number of sulfonamides is 1. The number of benzene rings is 3. The lowest BCUT2D eigenvalue weighted by Crippen LogP contribution is -2.22. The highest BCUT2D eigenvalue weighted by Gasteiger charge is 2.21. The van der Waals surface area contributed by atoms with E-state index in [9.17, 15) is 13.2 Å². The Balaban J connectivity index is 1.80. The molecule has 0 aliphatic carbocycles. The largest absolute Gasteiger partial charge is 0.345 e. The van der Waals surface area contributed by atoms with Gasteiger partial charge >= 0.3 is 0 Å². The van der Waals surface area contributed by atoms with Crippen molar-refractivity contribution in [2.75, 3.05) is 18.8 Å². The molecule has 30 heavy (non-hydrogen) atoms. The van der Waals surface area contributed by atoms with Gasteiger partial charge in [0, 0.05) is 25.3 Å².